The van der Waals surface area contributed by atoms with Crippen molar-refractivity contribution in [2.75, 3.05) is 18.4 Å². The van der Waals surface area contributed by atoms with Crippen LogP contribution >= 0.6 is 0 Å². The standard InChI is InChI=1S/C23H21FN6O3/c1-14-12-19(33-28-14)23(32)29-10-8-16(9-11-29)15-2-5-18(6-3-15)25-22(31)21-26-20-7-4-17(24)13-30(20)27-21/h2-7,12-13,16H,8-11H2,1H3,(H,25,31). The molecule has 0 spiro atoms. The summed E-state index contributed by atoms with van der Waals surface area (Å²) in [5.74, 6) is -0.500. The molecule has 0 aliphatic carbocycles. The zero-order valence-electron chi connectivity index (χ0n) is 17.9. The smallest absolute Gasteiger partial charge is 0.295 e. The van der Waals surface area contributed by atoms with Gasteiger partial charge in [-0.2, -0.15) is 0 Å². The molecular weight excluding hydrogens is 427 g/mol. The minimum absolute atomic E-state index is 0.0383. The Kier molecular flexibility index (Phi) is 5.33. The van der Waals surface area contributed by atoms with Gasteiger partial charge in [0.15, 0.2) is 5.65 Å². The van der Waals surface area contributed by atoms with Crippen LogP contribution in [0.15, 0.2) is 53.2 Å². The van der Waals surface area contributed by atoms with Crippen LogP contribution in [0.4, 0.5) is 10.1 Å². The maximum Gasteiger partial charge on any atom is 0.295 e. The first-order valence-electron chi connectivity index (χ1n) is 10.6. The molecule has 2 amide bonds. The minimum Gasteiger partial charge on any atom is -0.351 e. The first-order valence-corrected chi connectivity index (χ1v) is 10.6. The minimum atomic E-state index is -0.471. The lowest BCUT2D eigenvalue weighted by Crippen LogP contribution is -2.37. The topological polar surface area (TPSA) is 106 Å². The van der Waals surface area contributed by atoms with Gasteiger partial charge in [0.05, 0.1) is 11.9 Å². The van der Waals surface area contributed by atoms with Crippen molar-refractivity contribution in [3.05, 3.63) is 77.3 Å². The molecule has 0 radical (unpaired) electrons. The lowest BCUT2D eigenvalue weighted by Gasteiger charge is -2.31. The van der Waals surface area contributed by atoms with E-state index in [4.69, 9.17) is 4.52 Å². The van der Waals surface area contributed by atoms with E-state index in [0.717, 1.165) is 18.4 Å². The van der Waals surface area contributed by atoms with Crippen molar-refractivity contribution in [1.29, 1.82) is 0 Å². The number of nitrogens with one attached hydrogen (secondary N) is 1. The number of aryl methyl sites for hydroxylation is 1. The van der Waals surface area contributed by atoms with Crippen molar-refractivity contribution in [2.45, 2.75) is 25.7 Å². The molecular formula is C23H21FN6O3. The van der Waals surface area contributed by atoms with E-state index < -0.39 is 11.7 Å². The third-order valence-electron chi connectivity index (χ3n) is 5.76. The molecule has 5 rings (SSSR count). The fourth-order valence-electron chi connectivity index (χ4n) is 4.02. The Hall–Kier alpha value is -4.08. The van der Waals surface area contributed by atoms with E-state index in [-0.39, 0.29) is 17.5 Å². The number of anilines is 1. The van der Waals surface area contributed by atoms with Gasteiger partial charge in [-0.15, -0.1) is 5.10 Å². The average molecular weight is 448 g/mol. The van der Waals surface area contributed by atoms with Gasteiger partial charge in [0.1, 0.15) is 5.82 Å². The van der Waals surface area contributed by atoms with Crippen LogP contribution in [-0.4, -0.2) is 49.6 Å². The Morgan fingerprint density at radius 3 is 2.58 bits per heavy atom. The predicted molar refractivity (Wildman–Crippen MR) is 116 cm³/mol. The second kappa shape index (κ2) is 8.45. The van der Waals surface area contributed by atoms with Crippen molar-refractivity contribution < 1.29 is 18.5 Å². The van der Waals surface area contributed by atoms with E-state index in [0.29, 0.717) is 36.0 Å². The van der Waals surface area contributed by atoms with Gasteiger partial charge >= 0.3 is 0 Å². The summed E-state index contributed by atoms with van der Waals surface area (Å²) in [5, 5.41) is 10.6. The number of hydrogen-bond acceptors (Lipinski definition) is 6. The van der Waals surface area contributed by atoms with Gasteiger partial charge in [-0.3, -0.25) is 9.59 Å². The van der Waals surface area contributed by atoms with E-state index in [2.05, 4.69) is 20.6 Å². The molecule has 0 atom stereocenters. The highest BCUT2D eigenvalue weighted by Crippen LogP contribution is 2.29. The maximum absolute atomic E-state index is 13.3. The van der Waals surface area contributed by atoms with Crippen molar-refractivity contribution >= 4 is 23.1 Å². The first-order chi connectivity index (χ1) is 16.0. The summed E-state index contributed by atoms with van der Waals surface area (Å²) in [5.41, 5.74) is 2.84. The number of amides is 2. The number of carbonyl (C=O) groups is 2. The predicted octanol–water partition coefficient (Wildman–Crippen LogP) is 3.44. The van der Waals surface area contributed by atoms with Crippen LogP contribution < -0.4 is 5.32 Å². The van der Waals surface area contributed by atoms with Gasteiger partial charge in [0, 0.05) is 24.8 Å². The fraction of sp³-hybridized carbons (Fsp3) is 0.261. The molecule has 1 aromatic carbocycles. The Morgan fingerprint density at radius 2 is 1.88 bits per heavy atom. The number of fused-ring (bicyclic) bond motifs is 1. The van der Waals surface area contributed by atoms with Crippen LogP contribution in [0.25, 0.3) is 5.65 Å². The molecule has 9 nitrogen and oxygen atoms in total. The number of aromatic nitrogens is 4. The zero-order valence-corrected chi connectivity index (χ0v) is 17.9. The number of nitrogens with zero attached hydrogens (tertiary/aromatic N) is 5. The zero-order chi connectivity index (χ0) is 22.9. The number of pyridine rings is 1. The van der Waals surface area contributed by atoms with Gasteiger partial charge in [0.2, 0.25) is 11.6 Å². The molecule has 1 aliphatic heterocycles. The third-order valence-corrected chi connectivity index (χ3v) is 5.76. The van der Waals surface area contributed by atoms with E-state index in [1.54, 1.807) is 17.9 Å². The number of likely N-dealkylation sites (tertiary alicyclic amines) is 1. The quantitative estimate of drug-likeness (QED) is 0.513. The van der Waals surface area contributed by atoms with Crippen molar-refractivity contribution in [3.63, 3.8) is 0 Å². The van der Waals surface area contributed by atoms with Crippen LogP contribution in [-0.2, 0) is 0 Å². The molecule has 33 heavy (non-hydrogen) atoms. The Labute approximate surface area is 188 Å². The maximum atomic E-state index is 13.3. The highest BCUT2D eigenvalue weighted by Gasteiger charge is 2.26. The molecule has 0 bridgehead atoms. The molecule has 1 N–H and O–H groups in total. The third kappa shape index (κ3) is 4.32. The lowest BCUT2D eigenvalue weighted by atomic mass is 9.89. The van der Waals surface area contributed by atoms with Crippen LogP contribution in [0.1, 0.15) is 51.2 Å². The van der Waals surface area contributed by atoms with Crippen LogP contribution in [0.5, 0.6) is 0 Å². The molecule has 4 aromatic rings. The molecule has 1 aliphatic rings. The van der Waals surface area contributed by atoms with Crippen molar-refractivity contribution in [1.82, 2.24) is 24.7 Å². The van der Waals surface area contributed by atoms with E-state index in [9.17, 15) is 14.0 Å². The summed E-state index contributed by atoms with van der Waals surface area (Å²) in [4.78, 5) is 30.9. The molecule has 3 aromatic heterocycles. The SMILES string of the molecule is Cc1cc(C(=O)N2CCC(c3ccc(NC(=O)c4nc5ccc(F)cn5n4)cc3)CC2)on1. The normalized spacial score (nSPS) is 14.5. The van der Waals surface area contributed by atoms with E-state index in [1.165, 1.54) is 22.8 Å². The summed E-state index contributed by atoms with van der Waals surface area (Å²) in [6, 6.07) is 12.0. The summed E-state index contributed by atoms with van der Waals surface area (Å²) in [7, 11) is 0. The van der Waals surface area contributed by atoms with Crippen molar-refractivity contribution in [2.24, 2.45) is 0 Å². The summed E-state index contributed by atoms with van der Waals surface area (Å²) < 4.78 is 19.6. The largest absolute Gasteiger partial charge is 0.351 e. The monoisotopic (exact) mass is 448 g/mol. The molecule has 1 fully saturated rings. The number of piperidine rings is 1. The number of halogens is 1. The van der Waals surface area contributed by atoms with Crippen molar-refractivity contribution in [3.8, 4) is 0 Å². The van der Waals surface area contributed by atoms with Gasteiger partial charge in [-0.05, 0) is 55.5 Å². The second-order valence-corrected chi connectivity index (χ2v) is 8.06. The molecule has 4 heterocycles. The van der Waals surface area contributed by atoms with Gasteiger partial charge in [0.25, 0.3) is 11.8 Å². The number of benzene rings is 1. The average Bonchev–Trinajstić information content (AvgIpc) is 3.45. The first kappa shape index (κ1) is 20.8. The molecule has 1 saturated heterocycles. The van der Waals surface area contributed by atoms with Crippen LogP contribution in [0.3, 0.4) is 0 Å². The molecule has 0 unspecified atom stereocenters. The highest BCUT2D eigenvalue weighted by molar-refractivity contribution is 6.01. The number of carbonyl (C=O) groups excluding carboxylic acids is 2. The van der Waals surface area contributed by atoms with E-state index >= 15 is 0 Å². The summed E-state index contributed by atoms with van der Waals surface area (Å²) in [6.45, 7) is 3.07. The van der Waals surface area contributed by atoms with Gasteiger partial charge in [-0.1, -0.05) is 17.3 Å². The Morgan fingerprint density at radius 1 is 1.12 bits per heavy atom. The Bertz CT molecular complexity index is 1320. The highest BCUT2D eigenvalue weighted by atomic mass is 19.1. The molecule has 168 valence electrons. The molecule has 0 saturated carbocycles. The van der Waals surface area contributed by atoms with Crippen LogP contribution in [0, 0.1) is 12.7 Å². The Balaban J connectivity index is 1.19. The van der Waals surface area contributed by atoms with E-state index in [1.807, 2.05) is 24.3 Å². The number of rotatable bonds is 4. The molecule has 10 heteroatoms. The van der Waals surface area contributed by atoms with Gasteiger partial charge in [-0.25, -0.2) is 13.9 Å². The van der Waals surface area contributed by atoms with Gasteiger partial charge < -0.3 is 14.7 Å². The lowest BCUT2D eigenvalue weighted by molar-refractivity contribution is 0.0671. The second-order valence-electron chi connectivity index (χ2n) is 8.06. The number of hydrogen-bond donors (Lipinski definition) is 1. The summed E-state index contributed by atoms with van der Waals surface area (Å²) >= 11 is 0. The fourth-order valence-corrected chi connectivity index (χ4v) is 4.02. The van der Waals surface area contributed by atoms with Crippen LogP contribution in [0.2, 0.25) is 0 Å². The summed E-state index contributed by atoms with van der Waals surface area (Å²) in [6.07, 6.45) is 2.85.